The van der Waals surface area contributed by atoms with Crippen molar-refractivity contribution in [2.45, 2.75) is 55.9 Å². The third kappa shape index (κ3) is 3.64. The first-order chi connectivity index (χ1) is 16.2. The van der Waals surface area contributed by atoms with Gasteiger partial charge in [0.1, 0.15) is 6.04 Å². The van der Waals surface area contributed by atoms with Crippen molar-refractivity contribution in [3.8, 4) is 0 Å². The first kappa shape index (κ1) is 21.8. The number of nitrogens with two attached hydrogens (primary N) is 1. The Bertz CT molecular complexity index is 1240. The van der Waals surface area contributed by atoms with Crippen LogP contribution in [0, 0.1) is 23.2 Å². The number of fused-ring (bicyclic) bond motifs is 1. The van der Waals surface area contributed by atoms with E-state index < -0.39 is 16.1 Å². The molecule has 4 fully saturated rings. The molecular weight excluding hydrogens is 450 g/mol. The quantitative estimate of drug-likeness (QED) is 0.691. The van der Waals surface area contributed by atoms with Crippen LogP contribution >= 0.6 is 0 Å². The monoisotopic (exact) mass is 479 g/mol. The number of hydrogen-bond donors (Lipinski definition) is 2. The summed E-state index contributed by atoms with van der Waals surface area (Å²) in [7, 11) is -3.95. The number of benzene rings is 2. The van der Waals surface area contributed by atoms with E-state index in [1.807, 2.05) is 30.3 Å². The van der Waals surface area contributed by atoms with Crippen LogP contribution in [0.15, 0.2) is 53.4 Å². The van der Waals surface area contributed by atoms with Crippen molar-refractivity contribution in [2.75, 3.05) is 10.2 Å². The highest BCUT2D eigenvalue weighted by molar-refractivity contribution is 7.89. The number of rotatable bonds is 4. The van der Waals surface area contributed by atoms with Crippen molar-refractivity contribution in [1.29, 1.82) is 0 Å². The van der Waals surface area contributed by atoms with Gasteiger partial charge in [-0.3, -0.25) is 14.5 Å². The summed E-state index contributed by atoms with van der Waals surface area (Å²) in [6, 6.07) is 12.8. The van der Waals surface area contributed by atoms with Gasteiger partial charge in [-0.15, -0.1) is 0 Å². The molecule has 0 aromatic heterocycles. The number of hydrogen-bond acceptors (Lipinski definition) is 4. The summed E-state index contributed by atoms with van der Waals surface area (Å²) in [5.74, 6) is 1.73. The predicted octanol–water partition coefficient (Wildman–Crippen LogP) is 3.97. The molecule has 7 nitrogen and oxygen atoms in total. The van der Waals surface area contributed by atoms with Crippen molar-refractivity contribution >= 4 is 33.2 Å². The Kier molecular flexibility index (Phi) is 4.90. The van der Waals surface area contributed by atoms with E-state index in [9.17, 15) is 18.0 Å². The fourth-order valence-corrected chi connectivity index (χ4v) is 8.13. The van der Waals surface area contributed by atoms with E-state index in [0.717, 1.165) is 42.6 Å². The van der Waals surface area contributed by atoms with Gasteiger partial charge < -0.3 is 5.32 Å². The second-order valence-corrected chi connectivity index (χ2v) is 12.4. The molecule has 0 saturated heterocycles. The van der Waals surface area contributed by atoms with Gasteiger partial charge in [0.05, 0.1) is 16.3 Å². The molecule has 7 rings (SSSR count). The van der Waals surface area contributed by atoms with E-state index in [0.29, 0.717) is 17.8 Å². The number of carbonyl (C=O) groups is 2. The fraction of sp³-hybridized carbons (Fsp3) is 0.462. The van der Waals surface area contributed by atoms with Gasteiger partial charge in [0.2, 0.25) is 15.9 Å². The van der Waals surface area contributed by atoms with Crippen LogP contribution in [0.1, 0.15) is 56.6 Å². The van der Waals surface area contributed by atoms with Gasteiger partial charge in [0.15, 0.2) is 0 Å². The maximum Gasteiger partial charge on any atom is 0.252 e. The second kappa shape index (κ2) is 7.65. The molecule has 4 aliphatic carbocycles. The zero-order chi connectivity index (χ0) is 23.7. The molecule has 4 saturated carbocycles. The van der Waals surface area contributed by atoms with Gasteiger partial charge in [-0.25, -0.2) is 13.6 Å². The lowest BCUT2D eigenvalue weighted by Crippen LogP contribution is -2.51. The van der Waals surface area contributed by atoms with Crippen LogP contribution in [-0.2, 0) is 19.6 Å². The van der Waals surface area contributed by atoms with Crippen molar-refractivity contribution < 1.29 is 18.0 Å². The van der Waals surface area contributed by atoms with Crippen LogP contribution < -0.4 is 15.4 Å². The van der Waals surface area contributed by atoms with E-state index in [4.69, 9.17) is 5.14 Å². The van der Waals surface area contributed by atoms with Gasteiger partial charge in [-0.1, -0.05) is 30.3 Å². The summed E-state index contributed by atoms with van der Waals surface area (Å²) in [5, 5.41) is 8.12. The Morgan fingerprint density at radius 3 is 2.21 bits per heavy atom. The van der Waals surface area contributed by atoms with Crippen molar-refractivity contribution in [1.82, 2.24) is 0 Å². The first-order valence-corrected chi connectivity index (χ1v) is 13.6. The average Bonchev–Trinajstić information content (AvgIpc) is 2.76. The van der Waals surface area contributed by atoms with Gasteiger partial charge in [0, 0.05) is 6.42 Å². The molecule has 3 N–H and O–H groups in total. The number of nitrogens with zero attached hydrogens (tertiary/aromatic N) is 1. The van der Waals surface area contributed by atoms with E-state index in [1.54, 1.807) is 11.0 Å². The predicted molar refractivity (Wildman–Crippen MR) is 128 cm³/mol. The highest BCUT2D eigenvalue weighted by atomic mass is 32.2. The lowest BCUT2D eigenvalue weighted by Gasteiger charge is -2.57. The molecular formula is C26H29N3O4S. The number of carbonyl (C=O) groups excluding carboxylic acids is 2. The molecule has 1 aliphatic heterocycles. The van der Waals surface area contributed by atoms with E-state index in [-0.39, 0.29) is 22.1 Å². The summed E-state index contributed by atoms with van der Waals surface area (Å²) in [6.07, 6.45) is 7.60. The van der Waals surface area contributed by atoms with Crippen LogP contribution in [0.3, 0.4) is 0 Å². The number of amides is 2. The molecule has 2 amide bonds. The van der Waals surface area contributed by atoms with Crippen LogP contribution in [0.25, 0.3) is 0 Å². The molecule has 2 aromatic carbocycles. The minimum atomic E-state index is -3.95. The first-order valence-electron chi connectivity index (χ1n) is 12.1. The van der Waals surface area contributed by atoms with Crippen molar-refractivity contribution in [3.63, 3.8) is 0 Å². The third-order valence-electron chi connectivity index (χ3n) is 8.40. The number of anilines is 2. The Balaban J connectivity index is 1.40. The summed E-state index contributed by atoms with van der Waals surface area (Å²) >= 11 is 0. The third-order valence-corrected chi connectivity index (χ3v) is 9.31. The number of nitrogens with one attached hydrogen (secondary N) is 1. The lowest BCUT2D eigenvalue weighted by molar-refractivity contribution is -0.130. The SMILES string of the molecule is NS(=O)(=O)c1ccc2c(c1)NC(=O)C(c1ccccc1)N2C(=O)CC12CC3CC(CC(C3)C1)C2. The zero-order valence-electron chi connectivity index (χ0n) is 18.9. The maximum atomic E-state index is 14.1. The number of sulfonamides is 1. The Morgan fingerprint density at radius 1 is 1.00 bits per heavy atom. The standard InChI is InChI=1S/C26H29N3O4S/c27-34(32,33)20-6-7-22-21(11-20)28-25(31)24(19-4-2-1-3-5-19)29(22)23(30)15-26-12-16-8-17(13-26)10-18(9-16)14-26/h1-7,11,16-18,24H,8-10,12-15H2,(H,28,31)(H2,27,32,33). The van der Waals surface area contributed by atoms with Gasteiger partial charge in [-0.05, 0) is 85.5 Å². The molecule has 0 spiro atoms. The molecule has 34 heavy (non-hydrogen) atoms. The molecule has 1 unspecified atom stereocenters. The Hall–Kier alpha value is -2.71. The molecule has 8 heteroatoms. The molecule has 1 heterocycles. The van der Waals surface area contributed by atoms with Crippen molar-refractivity contribution in [2.24, 2.45) is 28.3 Å². The van der Waals surface area contributed by atoms with Gasteiger partial charge in [-0.2, -0.15) is 0 Å². The smallest absolute Gasteiger partial charge is 0.252 e. The fourth-order valence-electron chi connectivity index (χ4n) is 7.59. The summed E-state index contributed by atoms with van der Waals surface area (Å²) < 4.78 is 23.8. The molecule has 5 aliphatic rings. The lowest BCUT2D eigenvalue weighted by atomic mass is 9.49. The van der Waals surface area contributed by atoms with E-state index in [1.165, 1.54) is 31.4 Å². The molecule has 0 radical (unpaired) electrons. The normalized spacial score (nSPS) is 31.8. The molecule has 2 aromatic rings. The highest BCUT2D eigenvalue weighted by Gasteiger charge is 2.52. The topological polar surface area (TPSA) is 110 Å². The second-order valence-electron chi connectivity index (χ2n) is 10.9. The summed E-state index contributed by atoms with van der Waals surface area (Å²) in [6.45, 7) is 0. The Morgan fingerprint density at radius 2 is 1.62 bits per heavy atom. The molecule has 1 atom stereocenters. The average molecular weight is 480 g/mol. The summed E-state index contributed by atoms with van der Waals surface area (Å²) in [5.41, 5.74) is 1.54. The van der Waals surface area contributed by atoms with Crippen LogP contribution in [-0.4, -0.2) is 20.2 Å². The largest absolute Gasteiger partial charge is 0.322 e. The highest BCUT2D eigenvalue weighted by Crippen LogP contribution is 2.61. The molecule has 178 valence electrons. The van der Waals surface area contributed by atoms with Gasteiger partial charge in [0.25, 0.3) is 5.91 Å². The van der Waals surface area contributed by atoms with E-state index in [2.05, 4.69) is 5.32 Å². The van der Waals surface area contributed by atoms with Crippen LogP contribution in [0.2, 0.25) is 0 Å². The van der Waals surface area contributed by atoms with Crippen LogP contribution in [0.5, 0.6) is 0 Å². The summed E-state index contributed by atoms with van der Waals surface area (Å²) in [4.78, 5) is 28.9. The van der Waals surface area contributed by atoms with E-state index >= 15 is 0 Å². The zero-order valence-corrected chi connectivity index (χ0v) is 19.8. The molecule has 4 bridgehead atoms. The maximum absolute atomic E-state index is 14.1. The minimum Gasteiger partial charge on any atom is -0.322 e. The van der Waals surface area contributed by atoms with Gasteiger partial charge >= 0.3 is 0 Å². The Labute approximate surface area is 199 Å². The van der Waals surface area contributed by atoms with Crippen molar-refractivity contribution in [3.05, 3.63) is 54.1 Å². The van der Waals surface area contributed by atoms with Crippen LogP contribution in [0.4, 0.5) is 11.4 Å². The number of primary sulfonamides is 1. The minimum absolute atomic E-state index is 0.0156.